The highest BCUT2D eigenvalue weighted by molar-refractivity contribution is 7.14. The first-order valence-corrected chi connectivity index (χ1v) is 6.69. The molecule has 0 saturated heterocycles. The van der Waals surface area contributed by atoms with Gasteiger partial charge in [0.1, 0.15) is 16.4 Å². The van der Waals surface area contributed by atoms with Crippen LogP contribution in [0.25, 0.3) is 11.3 Å². The number of ether oxygens (including phenoxy) is 1. The van der Waals surface area contributed by atoms with E-state index in [4.69, 9.17) is 10.5 Å². The molecule has 1 aromatic carbocycles. The van der Waals surface area contributed by atoms with Crippen LogP contribution in [0.3, 0.4) is 0 Å². The average molecular weight is 262 g/mol. The van der Waals surface area contributed by atoms with Crippen LogP contribution >= 0.6 is 11.3 Å². The summed E-state index contributed by atoms with van der Waals surface area (Å²) < 4.78 is 5.40. The minimum atomic E-state index is 0.0891. The molecule has 0 unspecified atom stereocenters. The zero-order valence-corrected chi connectivity index (χ0v) is 12.0. The summed E-state index contributed by atoms with van der Waals surface area (Å²) in [4.78, 5) is 4.33. The van der Waals surface area contributed by atoms with E-state index in [0.717, 1.165) is 22.0 Å². The molecule has 0 fully saturated rings. The summed E-state index contributed by atoms with van der Waals surface area (Å²) in [5.41, 5.74) is 10.8. The predicted molar refractivity (Wildman–Crippen MR) is 77.2 cm³/mol. The molecule has 0 amide bonds. The summed E-state index contributed by atoms with van der Waals surface area (Å²) in [6.07, 6.45) is 0. The molecule has 0 saturated carbocycles. The van der Waals surface area contributed by atoms with Crippen molar-refractivity contribution in [1.29, 1.82) is 0 Å². The summed E-state index contributed by atoms with van der Waals surface area (Å²) in [6, 6.07) is 6.18. The minimum absolute atomic E-state index is 0.0891. The normalized spacial score (nSPS) is 11.6. The first-order valence-electron chi connectivity index (χ1n) is 5.81. The number of nitrogen functional groups attached to an aromatic ring is 1. The van der Waals surface area contributed by atoms with Gasteiger partial charge in [-0.1, -0.05) is 26.8 Å². The maximum absolute atomic E-state index is 5.96. The first kappa shape index (κ1) is 12.9. The smallest absolute Gasteiger partial charge is 0.128 e. The van der Waals surface area contributed by atoms with Crippen LogP contribution in [-0.2, 0) is 5.41 Å². The van der Waals surface area contributed by atoms with Crippen LogP contribution in [0.2, 0.25) is 0 Å². The van der Waals surface area contributed by atoms with Gasteiger partial charge in [-0.25, -0.2) is 4.98 Å². The second-order valence-corrected chi connectivity index (χ2v) is 6.12. The fourth-order valence-corrected chi connectivity index (χ4v) is 2.36. The Labute approximate surface area is 112 Å². The predicted octanol–water partition coefficient (Wildman–Crippen LogP) is 3.70. The van der Waals surface area contributed by atoms with Gasteiger partial charge in [0.15, 0.2) is 0 Å². The quantitative estimate of drug-likeness (QED) is 0.897. The second-order valence-electron chi connectivity index (χ2n) is 5.23. The number of aromatic nitrogens is 1. The monoisotopic (exact) mass is 262 g/mol. The average Bonchev–Trinajstić information content (AvgIpc) is 2.73. The van der Waals surface area contributed by atoms with E-state index in [1.54, 1.807) is 12.6 Å². The third-order valence-corrected chi connectivity index (χ3v) is 3.57. The fourth-order valence-electron chi connectivity index (χ4n) is 1.82. The third-order valence-electron chi connectivity index (χ3n) is 2.92. The molecule has 0 atom stereocenters. The number of nitrogens with two attached hydrogens (primary N) is 1. The van der Waals surface area contributed by atoms with Crippen molar-refractivity contribution >= 4 is 16.3 Å². The maximum atomic E-state index is 5.96. The van der Waals surface area contributed by atoms with Gasteiger partial charge in [-0.2, -0.15) is 0 Å². The molecule has 2 rings (SSSR count). The van der Waals surface area contributed by atoms with Crippen LogP contribution in [0.1, 0.15) is 26.3 Å². The number of rotatable bonds is 2. The summed E-state index contributed by atoms with van der Waals surface area (Å²) in [7, 11) is 1.66. The number of benzene rings is 1. The van der Waals surface area contributed by atoms with Crippen LogP contribution in [0.15, 0.2) is 23.7 Å². The van der Waals surface area contributed by atoms with Crippen molar-refractivity contribution in [2.45, 2.75) is 26.2 Å². The maximum Gasteiger partial charge on any atom is 0.128 e. The Bertz CT molecular complexity index is 555. The van der Waals surface area contributed by atoms with E-state index in [2.05, 4.69) is 37.9 Å². The van der Waals surface area contributed by atoms with Crippen LogP contribution in [0, 0.1) is 0 Å². The molecule has 0 radical (unpaired) electrons. The number of hydrogen-bond acceptors (Lipinski definition) is 4. The molecule has 1 aromatic heterocycles. The van der Waals surface area contributed by atoms with E-state index in [1.807, 2.05) is 6.07 Å². The molecule has 0 aliphatic carbocycles. The zero-order chi connectivity index (χ0) is 13.3. The second kappa shape index (κ2) is 4.61. The van der Waals surface area contributed by atoms with Crippen molar-refractivity contribution in [1.82, 2.24) is 4.98 Å². The van der Waals surface area contributed by atoms with Gasteiger partial charge >= 0.3 is 0 Å². The van der Waals surface area contributed by atoms with Crippen molar-refractivity contribution in [3.63, 3.8) is 0 Å². The molecule has 0 bridgehead atoms. The molecular formula is C14H18N2OS. The van der Waals surface area contributed by atoms with Gasteiger partial charge in [0, 0.05) is 5.56 Å². The van der Waals surface area contributed by atoms with E-state index in [0.29, 0.717) is 0 Å². The largest absolute Gasteiger partial charge is 0.496 e. The molecule has 2 N–H and O–H groups in total. The SMILES string of the molecule is COc1ccc(C(C)(C)C)cc1-c1ncsc1N. The Morgan fingerprint density at radius 1 is 1.28 bits per heavy atom. The molecule has 0 spiro atoms. The minimum Gasteiger partial charge on any atom is -0.496 e. The topological polar surface area (TPSA) is 48.1 Å². The lowest BCUT2D eigenvalue weighted by Gasteiger charge is -2.20. The van der Waals surface area contributed by atoms with E-state index in [9.17, 15) is 0 Å². The Kier molecular flexibility index (Phi) is 3.30. The van der Waals surface area contributed by atoms with Crippen LogP contribution in [0.5, 0.6) is 5.75 Å². The van der Waals surface area contributed by atoms with E-state index >= 15 is 0 Å². The standard InChI is InChI=1S/C14H18N2OS/c1-14(2,3)9-5-6-11(17-4)10(7-9)12-13(15)18-8-16-12/h5-8H,15H2,1-4H3. The molecule has 0 aliphatic heterocycles. The number of thiazole rings is 1. The summed E-state index contributed by atoms with van der Waals surface area (Å²) in [6.45, 7) is 6.55. The van der Waals surface area contributed by atoms with Gasteiger partial charge in [-0.3, -0.25) is 0 Å². The lowest BCUT2D eigenvalue weighted by atomic mass is 9.85. The van der Waals surface area contributed by atoms with Crippen molar-refractivity contribution in [3.05, 3.63) is 29.3 Å². The number of nitrogens with zero attached hydrogens (tertiary/aromatic N) is 1. The number of anilines is 1. The molecular weight excluding hydrogens is 244 g/mol. The van der Waals surface area contributed by atoms with Gasteiger partial charge < -0.3 is 10.5 Å². The van der Waals surface area contributed by atoms with Crippen LogP contribution in [0.4, 0.5) is 5.00 Å². The van der Waals surface area contributed by atoms with E-state index < -0.39 is 0 Å². The Hall–Kier alpha value is -1.55. The Morgan fingerprint density at radius 2 is 2.00 bits per heavy atom. The van der Waals surface area contributed by atoms with Gasteiger partial charge in [0.25, 0.3) is 0 Å². The first-order chi connectivity index (χ1) is 8.43. The van der Waals surface area contributed by atoms with Gasteiger partial charge in [-0.15, -0.1) is 11.3 Å². The molecule has 0 aliphatic rings. The van der Waals surface area contributed by atoms with Gasteiger partial charge in [0.05, 0.1) is 12.6 Å². The number of methoxy groups -OCH3 is 1. The van der Waals surface area contributed by atoms with Crippen LogP contribution < -0.4 is 10.5 Å². The molecule has 4 heteroatoms. The molecule has 1 heterocycles. The highest BCUT2D eigenvalue weighted by Gasteiger charge is 2.18. The van der Waals surface area contributed by atoms with Gasteiger partial charge in [-0.05, 0) is 23.1 Å². The summed E-state index contributed by atoms with van der Waals surface area (Å²) in [5, 5.41) is 0.722. The Balaban J connectivity index is 2.61. The number of hydrogen-bond donors (Lipinski definition) is 1. The molecule has 96 valence electrons. The highest BCUT2D eigenvalue weighted by Crippen LogP contribution is 2.37. The highest BCUT2D eigenvalue weighted by atomic mass is 32.1. The van der Waals surface area contributed by atoms with Crippen LogP contribution in [-0.4, -0.2) is 12.1 Å². The van der Waals surface area contributed by atoms with Crippen molar-refractivity contribution in [2.24, 2.45) is 0 Å². The lowest BCUT2D eigenvalue weighted by molar-refractivity contribution is 0.416. The van der Waals surface area contributed by atoms with Gasteiger partial charge in [0.2, 0.25) is 0 Å². The van der Waals surface area contributed by atoms with Crippen molar-refractivity contribution < 1.29 is 4.74 Å². The molecule has 2 aromatic rings. The zero-order valence-electron chi connectivity index (χ0n) is 11.2. The van der Waals surface area contributed by atoms with Crippen molar-refractivity contribution in [2.75, 3.05) is 12.8 Å². The summed E-state index contributed by atoms with van der Waals surface area (Å²) in [5.74, 6) is 0.806. The fraction of sp³-hybridized carbons (Fsp3) is 0.357. The lowest BCUT2D eigenvalue weighted by Crippen LogP contribution is -2.11. The molecule has 18 heavy (non-hydrogen) atoms. The molecule has 3 nitrogen and oxygen atoms in total. The van der Waals surface area contributed by atoms with E-state index in [1.165, 1.54) is 16.9 Å². The van der Waals surface area contributed by atoms with Crippen molar-refractivity contribution in [3.8, 4) is 17.0 Å². The Morgan fingerprint density at radius 3 is 2.50 bits per heavy atom. The van der Waals surface area contributed by atoms with E-state index in [-0.39, 0.29) is 5.41 Å². The third kappa shape index (κ3) is 2.34. The summed E-state index contributed by atoms with van der Waals surface area (Å²) >= 11 is 1.44.